The third kappa shape index (κ3) is 2.23. The number of hydrogen-bond acceptors (Lipinski definition) is 3. The average molecular weight is 216 g/mol. The van der Waals surface area contributed by atoms with Crippen LogP contribution in [0.15, 0.2) is 0 Å². The summed E-state index contributed by atoms with van der Waals surface area (Å²) in [7, 11) is 0. The van der Waals surface area contributed by atoms with Crippen LogP contribution >= 0.6 is 11.8 Å². The van der Waals surface area contributed by atoms with Gasteiger partial charge in [-0.15, -0.1) is 0 Å². The van der Waals surface area contributed by atoms with E-state index in [1.807, 2.05) is 11.8 Å². The molecule has 2 unspecified atom stereocenters. The zero-order valence-corrected chi connectivity index (χ0v) is 9.02. The van der Waals surface area contributed by atoms with E-state index < -0.39 is 5.97 Å². The lowest BCUT2D eigenvalue weighted by molar-refractivity contribution is -0.138. The summed E-state index contributed by atoms with van der Waals surface area (Å²) in [5.41, 5.74) is 0. The third-order valence-corrected chi connectivity index (χ3v) is 4.77. The maximum absolute atomic E-state index is 10.6. The van der Waals surface area contributed by atoms with Crippen molar-refractivity contribution in [1.82, 2.24) is 0 Å². The Bertz CT molecular complexity index is 223. The van der Waals surface area contributed by atoms with E-state index in [4.69, 9.17) is 9.84 Å². The summed E-state index contributed by atoms with van der Waals surface area (Å²) >= 11 is 1.93. The first-order valence-corrected chi connectivity index (χ1v) is 6.12. The smallest absolute Gasteiger partial charge is 0.303 e. The molecular formula is C10H16O3S. The Hall–Kier alpha value is -0.220. The molecule has 0 radical (unpaired) electrons. The van der Waals surface area contributed by atoms with Gasteiger partial charge in [-0.1, -0.05) is 0 Å². The minimum Gasteiger partial charge on any atom is -0.481 e. The summed E-state index contributed by atoms with van der Waals surface area (Å²) < 4.78 is 5.75. The largest absolute Gasteiger partial charge is 0.481 e. The van der Waals surface area contributed by atoms with Crippen LogP contribution in [0.3, 0.4) is 0 Å². The van der Waals surface area contributed by atoms with Gasteiger partial charge in [0.05, 0.1) is 6.61 Å². The van der Waals surface area contributed by atoms with Crippen LogP contribution in [-0.4, -0.2) is 34.8 Å². The molecule has 0 saturated carbocycles. The number of thioether (sulfide) groups is 1. The van der Waals surface area contributed by atoms with Crippen molar-refractivity contribution >= 4 is 17.7 Å². The Balaban J connectivity index is 1.89. The molecule has 4 heteroatoms. The molecule has 0 aromatic carbocycles. The van der Waals surface area contributed by atoms with Crippen molar-refractivity contribution in [3.8, 4) is 0 Å². The maximum Gasteiger partial charge on any atom is 0.303 e. The molecule has 80 valence electrons. The van der Waals surface area contributed by atoms with E-state index in [9.17, 15) is 4.79 Å². The highest BCUT2D eigenvalue weighted by molar-refractivity contribution is 8.00. The minimum atomic E-state index is -0.663. The lowest BCUT2D eigenvalue weighted by Gasteiger charge is -2.32. The fraction of sp³-hybridized carbons (Fsp3) is 0.900. The molecule has 0 bridgehead atoms. The molecule has 2 saturated heterocycles. The van der Waals surface area contributed by atoms with Gasteiger partial charge in [0.1, 0.15) is 0 Å². The van der Waals surface area contributed by atoms with E-state index >= 15 is 0 Å². The van der Waals surface area contributed by atoms with Gasteiger partial charge in [0.2, 0.25) is 0 Å². The number of hydrogen-bond donors (Lipinski definition) is 1. The first-order chi connectivity index (χ1) is 6.70. The van der Waals surface area contributed by atoms with Crippen molar-refractivity contribution in [1.29, 1.82) is 0 Å². The second-order valence-electron chi connectivity index (χ2n) is 4.32. The zero-order chi connectivity index (χ0) is 10.0. The molecular weight excluding hydrogens is 200 g/mol. The van der Waals surface area contributed by atoms with Crippen LogP contribution in [0.5, 0.6) is 0 Å². The van der Waals surface area contributed by atoms with Crippen molar-refractivity contribution in [2.24, 2.45) is 5.92 Å². The summed E-state index contributed by atoms with van der Waals surface area (Å²) in [4.78, 5) is 10.6. The van der Waals surface area contributed by atoms with Crippen LogP contribution in [-0.2, 0) is 9.53 Å². The van der Waals surface area contributed by atoms with Gasteiger partial charge in [-0.2, -0.15) is 11.8 Å². The van der Waals surface area contributed by atoms with Gasteiger partial charge in [-0.05, 0) is 30.9 Å². The molecule has 1 N–H and O–H groups in total. The highest BCUT2D eigenvalue weighted by Crippen LogP contribution is 2.47. The van der Waals surface area contributed by atoms with Crippen molar-refractivity contribution in [2.75, 3.05) is 19.0 Å². The summed E-state index contributed by atoms with van der Waals surface area (Å²) in [6, 6.07) is 0. The predicted molar refractivity (Wildman–Crippen MR) is 55.6 cm³/mol. The van der Waals surface area contributed by atoms with Crippen LogP contribution in [0, 0.1) is 5.92 Å². The van der Waals surface area contributed by atoms with Gasteiger partial charge in [0.25, 0.3) is 0 Å². The Morgan fingerprint density at radius 2 is 2.50 bits per heavy atom. The lowest BCUT2D eigenvalue weighted by Crippen LogP contribution is -2.33. The number of carboxylic acid groups (broad SMARTS) is 1. The van der Waals surface area contributed by atoms with Gasteiger partial charge in [0, 0.05) is 17.8 Å². The number of ether oxygens (including phenoxy) is 1. The van der Waals surface area contributed by atoms with Gasteiger partial charge in [-0.3, -0.25) is 4.79 Å². The average Bonchev–Trinajstić information content (AvgIpc) is 2.49. The van der Waals surface area contributed by atoms with E-state index in [2.05, 4.69) is 0 Å². The zero-order valence-electron chi connectivity index (χ0n) is 8.20. The summed E-state index contributed by atoms with van der Waals surface area (Å²) in [6.45, 7) is 1.71. The van der Waals surface area contributed by atoms with Crippen molar-refractivity contribution in [3.63, 3.8) is 0 Å². The summed E-state index contributed by atoms with van der Waals surface area (Å²) in [5.74, 6) is 0.693. The molecule has 0 amide bonds. The molecule has 1 spiro atoms. The van der Waals surface area contributed by atoms with Gasteiger partial charge in [0.15, 0.2) is 0 Å². The predicted octanol–water partition coefficient (Wildman–Crippen LogP) is 1.76. The van der Waals surface area contributed by atoms with Crippen molar-refractivity contribution in [3.05, 3.63) is 0 Å². The first kappa shape index (κ1) is 10.3. The SMILES string of the molecule is O=C(O)CC1CSC2(CCCOC2)C1. The van der Waals surface area contributed by atoms with Crippen LogP contribution < -0.4 is 0 Å². The summed E-state index contributed by atoms with van der Waals surface area (Å²) in [5, 5.41) is 8.72. The fourth-order valence-corrected chi connectivity index (χ4v) is 4.05. The van der Waals surface area contributed by atoms with Crippen LogP contribution in [0.4, 0.5) is 0 Å². The van der Waals surface area contributed by atoms with E-state index in [0.29, 0.717) is 12.3 Å². The molecule has 0 aliphatic carbocycles. The quantitative estimate of drug-likeness (QED) is 0.764. The molecule has 14 heavy (non-hydrogen) atoms. The molecule has 0 aromatic rings. The van der Waals surface area contributed by atoms with E-state index in [-0.39, 0.29) is 4.75 Å². The van der Waals surface area contributed by atoms with E-state index in [0.717, 1.165) is 31.8 Å². The van der Waals surface area contributed by atoms with Gasteiger partial charge in [-0.25, -0.2) is 0 Å². The lowest BCUT2D eigenvalue weighted by atomic mass is 9.89. The molecule has 2 aliphatic heterocycles. The van der Waals surface area contributed by atoms with Crippen molar-refractivity contribution in [2.45, 2.75) is 30.4 Å². The molecule has 2 fully saturated rings. The number of aliphatic carboxylic acids is 1. The number of rotatable bonds is 2. The molecule has 2 aliphatic rings. The number of carbonyl (C=O) groups is 1. The monoisotopic (exact) mass is 216 g/mol. The topological polar surface area (TPSA) is 46.5 Å². The second-order valence-corrected chi connectivity index (χ2v) is 5.81. The number of carboxylic acids is 1. The van der Waals surface area contributed by atoms with Gasteiger partial charge >= 0.3 is 5.97 Å². The second kappa shape index (κ2) is 4.11. The molecule has 0 aromatic heterocycles. The minimum absolute atomic E-state index is 0.262. The first-order valence-electron chi connectivity index (χ1n) is 5.14. The third-order valence-electron chi connectivity index (χ3n) is 3.04. The van der Waals surface area contributed by atoms with Crippen LogP contribution in [0.2, 0.25) is 0 Å². The van der Waals surface area contributed by atoms with E-state index in [1.54, 1.807) is 0 Å². The highest BCUT2D eigenvalue weighted by atomic mass is 32.2. The molecule has 3 nitrogen and oxygen atoms in total. The Labute approximate surface area is 88.2 Å². The fourth-order valence-electron chi connectivity index (χ4n) is 2.42. The van der Waals surface area contributed by atoms with E-state index in [1.165, 1.54) is 6.42 Å². The van der Waals surface area contributed by atoms with Crippen LogP contribution in [0.1, 0.15) is 25.7 Å². The highest BCUT2D eigenvalue weighted by Gasteiger charge is 2.41. The van der Waals surface area contributed by atoms with Crippen LogP contribution in [0.25, 0.3) is 0 Å². The Morgan fingerprint density at radius 3 is 3.14 bits per heavy atom. The van der Waals surface area contributed by atoms with Crippen molar-refractivity contribution < 1.29 is 14.6 Å². The van der Waals surface area contributed by atoms with Gasteiger partial charge < -0.3 is 9.84 Å². The Kier molecular flexibility index (Phi) is 3.02. The maximum atomic E-state index is 10.6. The summed E-state index contributed by atoms with van der Waals surface area (Å²) in [6.07, 6.45) is 3.69. The molecule has 2 atom stereocenters. The Morgan fingerprint density at radius 1 is 1.64 bits per heavy atom. The molecule has 2 heterocycles. The standard InChI is InChI=1S/C10H16O3S/c11-9(12)4-8-5-10(14-6-8)2-1-3-13-7-10/h8H,1-7H2,(H,11,12). The normalized spacial score (nSPS) is 37.6. The molecule has 2 rings (SSSR count).